The van der Waals surface area contributed by atoms with Crippen LogP contribution in [-0.4, -0.2) is 18.8 Å². The third-order valence-electron chi connectivity index (χ3n) is 2.39. The Kier molecular flexibility index (Phi) is 3.00. The van der Waals surface area contributed by atoms with E-state index in [2.05, 4.69) is 10.3 Å². The van der Waals surface area contributed by atoms with Crippen LogP contribution in [0.1, 0.15) is 6.42 Å². The van der Waals surface area contributed by atoms with Gasteiger partial charge < -0.3 is 4.90 Å². The van der Waals surface area contributed by atoms with Crippen molar-refractivity contribution in [3.05, 3.63) is 42.7 Å². The van der Waals surface area contributed by atoms with Gasteiger partial charge in [-0.2, -0.15) is 0 Å². The van der Waals surface area contributed by atoms with Crippen LogP contribution < -0.4 is 15.2 Å². The highest BCUT2D eigenvalue weighted by atomic mass is 16.2. The van der Waals surface area contributed by atoms with Gasteiger partial charge in [0, 0.05) is 12.7 Å². The van der Waals surface area contributed by atoms with Gasteiger partial charge in [0.1, 0.15) is 12.6 Å². The fourth-order valence-corrected chi connectivity index (χ4v) is 1.45. The number of hydrogen-bond acceptors (Lipinski definition) is 3. The van der Waals surface area contributed by atoms with Crippen LogP contribution in [0.2, 0.25) is 0 Å². The number of rotatable bonds is 3. The van der Waals surface area contributed by atoms with Crippen molar-refractivity contribution in [3.8, 4) is 0 Å². The molecule has 0 unspecified atom stereocenters. The smallest absolute Gasteiger partial charge is 0.305 e. The van der Waals surface area contributed by atoms with Crippen LogP contribution in [0.5, 0.6) is 0 Å². The first-order chi connectivity index (χ1) is 7.77. The molecule has 1 radical (unpaired) electrons. The molecule has 0 saturated carbocycles. The maximum atomic E-state index is 11.9. The third kappa shape index (κ3) is 2.28. The minimum Gasteiger partial charge on any atom is -0.315 e. The molecule has 1 aromatic carbocycles. The Balaban J connectivity index is 2.00. The summed E-state index contributed by atoms with van der Waals surface area (Å²) < 4.78 is 0. The van der Waals surface area contributed by atoms with E-state index in [0.717, 1.165) is 5.69 Å². The molecule has 0 fully saturated rings. The highest BCUT2D eigenvalue weighted by molar-refractivity contribution is 6.06. The molecule has 16 heavy (non-hydrogen) atoms. The monoisotopic (exact) mass is 215 g/mol. The molecule has 0 saturated heterocycles. The number of para-hydroxylation sites is 1. The van der Waals surface area contributed by atoms with E-state index in [1.807, 2.05) is 30.3 Å². The molecular weight excluding hydrogens is 202 g/mol. The summed E-state index contributed by atoms with van der Waals surface area (Å²) in [6.07, 6.45) is 3.65. The summed E-state index contributed by atoms with van der Waals surface area (Å²) >= 11 is 0. The standard InChI is InChI=1S/C12H13N3O/c1-15(10-5-3-2-4-6-10)12(16)9-11-13-7-8-14-11/h2-8,13H,9H2,1H3/q+1. The van der Waals surface area contributed by atoms with Crippen LogP contribution in [0.3, 0.4) is 0 Å². The second-order valence-electron chi connectivity index (χ2n) is 3.50. The van der Waals surface area contributed by atoms with Gasteiger partial charge in [0.15, 0.2) is 6.20 Å². The van der Waals surface area contributed by atoms with Gasteiger partial charge in [-0.05, 0) is 12.1 Å². The van der Waals surface area contributed by atoms with E-state index in [1.165, 1.54) is 0 Å². The molecule has 1 N–H and O–H groups in total. The van der Waals surface area contributed by atoms with Crippen molar-refractivity contribution < 1.29 is 4.79 Å². The fraction of sp³-hybridized carbons (Fsp3) is 0.167. The number of hydrogen-bond donors (Lipinski definition) is 1. The number of carbonyl (C=O) groups excluding carboxylic acids is 1. The summed E-state index contributed by atoms with van der Waals surface area (Å²) in [6, 6.07) is 9.55. The number of amides is 1. The maximum Gasteiger partial charge on any atom is 0.305 e. The molecule has 81 valence electrons. The summed E-state index contributed by atoms with van der Waals surface area (Å²) in [7, 11) is 1.76. The predicted molar refractivity (Wildman–Crippen MR) is 63.9 cm³/mol. The lowest BCUT2D eigenvalue weighted by atomic mass is 10.2. The van der Waals surface area contributed by atoms with Crippen LogP contribution in [-0.2, 0) is 4.79 Å². The van der Waals surface area contributed by atoms with E-state index in [0.29, 0.717) is 12.3 Å². The summed E-state index contributed by atoms with van der Waals surface area (Å²) in [5.74, 6) is 0.703. The van der Waals surface area contributed by atoms with E-state index < -0.39 is 0 Å². The predicted octanol–water partition coefficient (Wildman–Crippen LogP) is 0.848. The van der Waals surface area contributed by atoms with Crippen molar-refractivity contribution in [2.45, 2.75) is 6.42 Å². The van der Waals surface area contributed by atoms with Gasteiger partial charge in [-0.1, -0.05) is 23.2 Å². The van der Waals surface area contributed by atoms with Crippen LogP contribution in [0.15, 0.2) is 42.7 Å². The summed E-state index contributed by atoms with van der Waals surface area (Å²) in [6.45, 7) is 0. The van der Waals surface area contributed by atoms with Crippen LogP contribution in [0.25, 0.3) is 0 Å². The average molecular weight is 215 g/mol. The second-order valence-corrected chi connectivity index (χ2v) is 3.50. The first-order valence-electron chi connectivity index (χ1n) is 5.07. The Hall–Kier alpha value is -2.10. The van der Waals surface area contributed by atoms with Gasteiger partial charge in [0.05, 0.1) is 0 Å². The van der Waals surface area contributed by atoms with Gasteiger partial charge in [0.2, 0.25) is 5.91 Å². The lowest BCUT2D eigenvalue weighted by molar-refractivity contribution is -0.117. The molecule has 1 aliphatic rings. The molecule has 4 nitrogen and oxygen atoms in total. The molecule has 1 amide bonds. The number of amidine groups is 1. The zero-order valence-electron chi connectivity index (χ0n) is 9.05. The van der Waals surface area contributed by atoms with Crippen LogP contribution in [0.4, 0.5) is 5.69 Å². The Morgan fingerprint density at radius 2 is 2.12 bits per heavy atom. The molecule has 4 heteroatoms. The Morgan fingerprint density at radius 1 is 1.38 bits per heavy atom. The lowest BCUT2D eigenvalue weighted by Crippen LogP contribution is -2.31. The second kappa shape index (κ2) is 4.61. The molecule has 0 atom stereocenters. The van der Waals surface area contributed by atoms with E-state index in [4.69, 9.17) is 0 Å². The van der Waals surface area contributed by atoms with Gasteiger partial charge in [-0.25, -0.2) is 5.32 Å². The number of carbonyl (C=O) groups is 1. The number of anilines is 1. The highest BCUT2D eigenvalue weighted by Gasteiger charge is 2.20. The Labute approximate surface area is 94.3 Å². The zero-order valence-corrected chi connectivity index (χ0v) is 9.05. The summed E-state index contributed by atoms with van der Waals surface area (Å²) in [4.78, 5) is 17.5. The van der Waals surface area contributed by atoms with Crippen LogP contribution in [0, 0.1) is 0 Å². The van der Waals surface area contributed by atoms with Gasteiger partial charge in [-0.15, -0.1) is 0 Å². The molecule has 1 heterocycles. The SMILES string of the molecule is CN(C(=O)CC1=[N+]C=CN1)c1ccccc1. The quantitative estimate of drug-likeness (QED) is 0.812. The third-order valence-corrected chi connectivity index (χ3v) is 2.39. The largest absolute Gasteiger partial charge is 0.315 e. The minimum absolute atomic E-state index is 0.0150. The molecule has 0 bridgehead atoms. The molecule has 1 aromatic rings. The van der Waals surface area contributed by atoms with Crippen LogP contribution >= 0.6 is 0 Å². The number of benzene rings is 1. The van der Waals surface area contributed by atoms with Crippen molar-refractivity contribution in [1.82, 2.24) is 10.3 Å². The molecule has 1 aliphatic heterocycles. The van der Waals surface area contributed by atoms with Gasteiger partial charge in [-0.3, -0.25) is 4.79 Å². The Morgan fingerprint density at radius 3 is 2.75 bits per heavy atom. The average Bonchev–Trinajstić information content (AvgIpc) is 2.82. The topological polar surface area (TPSA) is 46.4 Å². The number of aliphatic imine (C=N–C) groups is 1. The highest BCUT2D eigenvalue weighted by Crippen LogP contribution is 2.11. The van der Waals surface area contributed by atoms with Crippen molar-refractivity contribution in [3.63, 3.8) is 0 Å². The first-order valence-corrected chi connectivity index (χ1v) is 5.07. The molecule has 0 spiro atoms. The normalized spacial score (nSPS) is 13.2. The summed E-state index contributed by atoms with van der Waals surface area (Å²) in [5.41, 5.74) is 0.888. The zero-order chi connectivity index (χ0) is 11.4. The van der Waals surface area contributed by atoms with Gasteiger partial charge in [0.25, 0.3) is 0 Å². The molecule has 2 rings (SSSR count). The van der Waals surface area contributed by atoms with Crippen molar-refractivity contribution in [1.29, 1.82) is 0 Å². The first kappa shape index (κ1) is 10.4. The molecular formula is C12H13N3O+. The van der Waals surface area contributed by atoms with E-state index in [9.17, 15) is 4.79 Å². The lowest BCUT2D eigenvalue weighted by Gasteiger charge is -2.15. The maximum absolute atomic E-state index is 11.9. The van der Waals surface area contributed by atoms with Crippen molar-refractivity contribution in [2.75, 3.05) is 11.9 Å². The molecule has 0 aromatic heterocycles. The molecule has 0 aliphatic carbocycles. The van der Waals surface area contributed by atoms with Gasteiger partial charge >= 0.3 is 5.84 Å². The minimum atomic E-state index is 0.0150. The summed E-state index contributed by atoms with van der Waals surface area (Å²) in [5, 5.41) is 2.92. The van der Waals surface area contributed by atoms with E-state index in [1.54, 1.807) is 24.3 Å². The number of nitrogens with zero attached hydrogens (tertiary/aromatic N) is 2. The van der Waals surface area contributed by atoms with E-state index in [-0.39, 0.29) is 5.91 Å². The van der Waals surface area contributed by atoms with E-state index >= 15 is 0 Å². The van der Waals surface area contributed by atoms with Crippen molar-refractivity contribution in [2.24, 2.45) is 0 Å². The fourth-order valence-electron chi connectivity index (χ4n) is 1.45. The number of nitrogens with one attached hydrogen (secondary N) is 1. The van der Waals surface area contributed by atoms with Crippen molar-refractivity contribution >= 4 is 17.4 Å². The Bertz CT molecular complexity index is 437.